The third kappa shape index (κ3) is 4.87. The number of H-pyrrole nitrogens is 1. The number of methoxy groups -OCH3 is 1. The molecular weight excluding hydrogens is 456 g/mol. The maximum absolute atomic E-state index is 13.3. The van der Waals surface area contributed by atoms with Crippen LogP contribution >= 0.6 is 0 Å². The van der Waals surface area contributed by atoms with E-state index in [0.717, 1.165) is 34.9 Å². The number of likely N-dealkylation sites (tertiary alicyclic amines) is 1. The van der Waals surface area contributed by atoms with Crippen LogP contribution in [0.1, 0.15) is 45.1 Å². The summed E-state index contributed by atoms with van der Waals surface area (Å²) in [6.07, 6.45) is 3.93. The average molecular weight is 491 g/mol. The number of fused-ring (bicyclic) bond motifs is 1. The van der Waals surface area contributed by atoms with Crippen molar-refractivity contribution >= 4 is 22.6 Å². The lowest BCUT2D eigenvalue weighted by molar-refractivity contribution is -0.160. The lowest BCUT2D eigenvalue weighted by Gasteiger charge is -2.41. The number of piperidine rings is 1. The van der Waals surface area contributed by atoms with Crippen molar-refractivity contribution in [2.75, 3.05) is 20.2 Å². The van der Waals surface area contributed by atoms with E-state index in [1.165, 1.54) is 7.11 Å². The zero-order valence-electron chi connectivity index (χ0n) is 21.4. The van der Waals surface area contributed by atoms with E-state index in [9.17, 15) is 14.4 Å². The first-order valence-corrected chi connectivity index (χ1v) is 12.5. The molecule has 1 aliphatic rings. The monoisotopic (exact) mass is 490 g/mol. The Morgan fingerprint density at radius 3 is 2.64 bits per heavy atom. The number of hydrogen-bond acceptors (Lipinski definition) is 5. The number of carbonyl (C=O) groups excluding carboxylic acids is 2. The van der Waals surface area contributed by atoms with Crippen LogP contribution in [0.5, 0.6) is 5.75 Å². The molecule has 1 fully saturated rings. The fraction of sp³-hybridized carbons (Fsp3) is 0.414. The summed E-state index contributed by atoms with van der Waals surface area (Å²) in [6, 6.07) is 13.4. The van der Waals surface area contributed by atoms with Gasteiger partial charge < -0.3 is 19.4 Å². The molecule has 0 bridgehead atoms. The molecule has 36 heavy (non-hydrogen) atoms. The zero-order chi connectivity index (χ0) is 25.9. The number of nitrogens with zero attached hydrogens (tertiary/aromatic N) is 1. The number of benzene rings is 2. The van der Waals surface area contributed by atoms with Crippen molar-refractivity contribution in [3.8, 4) is 16.9 Å². The minimum absolute atomic E-state index is 0.179. The summed E-state index contributed by atoms with van der Waals surface area (Å²) < 4.78 is 11.1. The van der Waals surface area contributed by atoms with Crippen LogP contribution < -0.4 is 10.3 Å². The minimum Gasteiger partial charge on any atom is -0.481 e. The number of aryl methyl sites for hydroxylation is 1. The van der Waals surface area contributed by atoms with Crippen molar-refractivity contribution in [2.45, 2.75) is 52.6 Å². The Morgan fingerprint density at radius 1 is 1.14 bits per heavy atom. The fourth-order valence-corrected chi connectivity index (χ4v) is 5.41. The lowest BCUT2D eigenvalue weighted by Crippen LogP contribution is -2.53. The van der Waals surface area contributed by atoms with Gasteiger partial charge in [-0.15, -0.1) is 0 Å². The van der Waals surface area contributed by atoms with Crippen LogP contribution in [-0.4, -0.2) is 48.1 Å². The van der Waals surface area contributed by atoms with Crippen LogP contribution in [0.25, 0.3) is 21.9 Å². The number of aromatic nitrogens is 1. The Balaban J connectivity index is 1.57. The summed E-state index contributed by atoms with van der Waals surface area (Å²) in [5.74, 6) is 0.0102. The molecule has 1 N–H and O–H groups in total. The molecule has 2 aromatic carbocycles. The van der Waals surface area contributed by atoms with E-state index >= 15 is 0 Å². The Labute approximate surface area is 211 Å². The molecule has 0 radical (unpaired) electrons. The zero-order valence-corrected chi connectivity index (χ0v) is 21.4. The predicted octanol–water partition coefficient (Wildman–Crippen LogP) is 4.85. The van der Waals surface area contributed by atoms with E-state index < -0.39 is 11.5 Å². The second-order valence-electron chi connectivity index (χ2n) is 9.70. The third-order valence-electron chi connectivity index (χ3n) is 7.20. The number of aromatic amines is 1. The minimum atomic E-state index is -0.767. The summed E-state index contributed by atoms with van der Waals surface area (Å²) >= 11 is 0. The lowest BCUT2D eigenvalue weighted by atomic mass is 9.76. The molecule has 1 aromatic heterocycles. The van der Waals surface area contributed by atoms with Gasteiger partial charge in [0.05, 0.1) is 17.9 Å². The summed E-state index contributed by atoms with van der Waals surface area (Å²) in [7, 11) is 1.40. The highest BCUT2D eigenvalue weighted by Crippen LogP contribution is 2.36. The average Bonchev–Trinajstić information content (AvgIpc) is 2.89. The molecule has 2 atom stereocenters. The molecule has 0 spiro atoms. The van der Waals surface area contributed by atoms with Crippen molar-refractivity contribution in [3.63, 3.8) is 0 Å². The van der Waals surface area contributed by atoms with Gasteiger partial charge in [-0.05, 0) is 67.8 Å². The normalized spacial score (nSPS) is 18.6. The first kappa shape index (κ1) is 25.5. The molecule has 1 aliphatic heterocycles. The Morgan fingerprint density at radius 2 is 1.92 bits per heavy atom. The van der Waals surface area contributed by atoms with Crippen LogP contribution in [0.2, 0.25) is 0 Å². The molecule has 7 nitrogen and oxygen atoms in total. The van der Waals surface area contributed by atoms with Crippen LogP contribution in [0.15, 0.2) is 53.5 Å². The first-order chi connectivity index (χ1) is 17.3. The molecule has 0 aliphatic carbocycles. The molecule has 2 heterocycles. The summed E-state index contributed by atoms with van der Waals surface area (Å²) in [6.45, 7) is 6.67. The smallest absolute Gasteiger partial charge is 0.313 e. The van der Waals surface area contributed by atoms with E-state index in [2.05, 4.69) is 4.98 Å². The maximum Gasteiger partial charge on any atom is 0.313 e. The largest absolute Gasteiger partial charge is 0.481 e. The second-order valence-corrected chi connectivity index (χ2v) is 9.70. The van der Waals surface area contributed by atoms with Crippen molar-refractivity contribution in [1.82, 2.24) is 9.88 Å². The number of ether oxygens (including phenoxy) is 2. The molecule has 190 valence electrons. The highest BCUT2D eigenvalue weighted by Gasteiger charge is 2.44. The molecular formula is C29H34N2O5. The van der Waals surface area contributed by atoms with Gasteiger partial charge in [-0.25, -0.2) is 0 Å². The standard InChI is InChI=1S/C29H34N2O5/c1-5-13-29(28(34)35-4)14-8-15-31(18-29)27(33)20(3)36-21-11-12-23-24(16-21)26(32)30-17-25(23)22-10-7-6-9-19(22)2/h6-7,9-12,16-17,20H,5,8,13-15,18H2,1-4H3,(H,30,32)/t20-,29?/m1/s1. The van der Waals surface area contributed by atoms with Gasteiger partial charge in [0.25, 0.3) is 11.5 Å². The van der Waals surface area contributed by atoms with Gasteiger partial charge in [0, 0.05) is 24.8 Å². The summed E-state index contributed by atoms with van der Waals surface area (Å²) in [5.41, 5.74) is 2.20. The molecule has 1 saturated heterocycles. The van der Waals surface area contributed by atoms with Crippen molar-refractivity contribution in [3.05, 3.63) is 64.6 Å². The van der Waals surface area contributed by atoms with Crippen LogP contribution in [0.3, 0.4) is 0 Å². The van der Waals surface area contributed by atoms with Crippen LogP contribution in [0, 0.1) is 12.3 Å². The summed E-state index contributed by atoms with van der Waals surface area (Å²) in [4.78, 5) is 43.1. The fourth-order valence-electron chi connectivity index (χ4n) is 5.41. The van der Waals surface area contributed by atoms with Crippen molar-refractivity contribution in [1.29, 1.82) is 0 Å². The molecule has 7 heteroatoms. The van der Waals surface area contributed by atoms with E-state index in [1.54, 1.807) is 30.2 Å². The first-order valence-electron chi connectivity index (χ1n) is 12.5. The van der Waals surface area contributed by atoms with Crippen molar-refractivity contribution in [2.24, 2.45) is 5.41 Å². The number of rotatable bonds is 7. The van der Waals surface area contributed by atoms with Crippen LogP contribution in [-0.2, 0) is 14.3 Å². The van der Waals surface area contributed by atoms with Gasteiger partial charge in [0.1, 0.15) is 5.75 Å². The van der Waals surface area contributed by atoms with Gasteiger partial charge in [-0.1, -0.05) is 37.6 Å². The number of pyridine rings is 1. The van der Waals surface area contributed by atoms with Gasteiger partial charge in [0.2, 0.25) is 0 Å². The Bertz CT molecular complexity index is 1330. The van der Waals surface area contributed by atoms with Gasteiger partial charge in [0.15, 0.2) is 6.10 Å². The number of esters is 1. The number of hydrogen-bond donors (Lipinski definition) is 1. The molecule has 3 aromatic rings. The summed E-state index contributed by atoms with van der Waals surface area (Å²) in [5, 5.41) is 1.32. The van der Waals surface area contributed by atoms with Gasteiger partial charge in [-0.2, -0.15) is 0 Å². The SMILES string of the molecule is CCCC1(C(=O)OC)CCCN(C(=O)[C@@H](C)Oc2ccc3c(-c4ccccc4C)c[nH]c(=O)c3c2)C1. The Kier molecular flexibility index (Phi) is 7.48. The molecule has 4 rings (SSSR count). The number of nitrogens with one attached hydrogen (secondary N) is 1. The maximum atomic E-state index is 13.3. The molecule has 1 amide bonds. The predicted molar refractivity (Wildman–Crippen MR) is 140 cm³/mol. The third-order valence-corrected chi connectivity index (χ3v) is 7.20. The highest BCUT2D eigenvalue weighted by molar-refractivity contribution is 5.97. The Hall–Kier alpha value is -3.61. The van der Waals surface area contributed by atoms with Crippen LogP contribution in [0.4, 0.5) is 0 Å². The second kappa shape index (κ2) is 10.6. The van der Waals surface area contributed by atoms with Crippen molar-refractivity contribution < 1.29 is 19.1 Å². The molecule has 1 unspecified atom stereocenters. The number of amides is 1. The molecule has 0 saturated carbocycles. The van der Waals surface area contributed by atoms with E-state index in [4.69, 9.17) is 9.47 Å². The highest BCUT2D eigenvalue weighted by atomic mass is 16.5. The van der Waals surface area contributed by atoms with E-state index in [0.29, 0.717) is 37.1 Å². The van der Waals surface area contributed by atoms with Gasteiger partial charge >= 0.3 is 5.97 Å². The van der Waals surface area contributed by atoms with E-state index in [1.807, 2.05) is 44.2 Å². The topological polar surface area (TPSA) is 88.7 Å². The quantitative estimate of drug-likeness (QED) is 0.478. The number of carbonyl (C=O) groups is 2. The van der Waals surface area contributed by atoms with Gasteiger partial charge in [-0.3, -0.25) is 14.4 Å². The van der Waals surface area contributed by atoms with E-state index in [-0.39, 0.29) is 17.4 Å².